The van der Waals surface area contributed by atoms with Crippen LogP contribution in [0.1, 0.15) is 26.7 Å². The lowest BCUT2D eigenvalue weighted by Gasteiger charge is -2.13. The fourth-order valence-electron chi connectivity index (χ4n) is 1.33. The number of carbonyl (C=O) groups is 3. The van der Waals surface area contributed by atoms with Crippen LogP contribution in [-0.2, 0) is 28.6 Å². The lowest BCUT2D eigenvalue weighted by atomic mass is 10.0. The first-order valence-electron chi connectivity index (χ1n) is 6.14. The third-order valence-electron chi connectivity index (χ3n) is 2.22. The SMILES string of the molecule is CCOC(=O)C(CC/C=C/C(=O)OC)C(=O)OCC. The van der Waals surface area contributed by atoms with E-state index in [2.05, 4.69) is 4.74 Å². The molecular formula is C13H20O6. The minimum atomic E-state index is -0.956. The summed E-state index contributed by atoms with van der Waals surface area (Å²) in [6.45, 7) is 3.73. The van der Waals surface area contributed by atoms with Crippen LogP contribution in [0.3, 0.4) is 0 Å². The topological polar surface area (TPSA) is 78.9 Å². The average molecular weight is 272 g/mol. The first-order valence-corrected chi connectivity index (χ1v) is 6.14. The van der Waals surface area contributed by atoms with Crippen molar-refractivity contribution in [3.8, 4) is 0 Å². The van der Waals surface area contributed by atoms with Gasteiger partial charge in [0.15, 0.2) is 5.92 Å². The predicted octanol–water partition coefficient (Wildman–Crippen LogP) is 1.24. The molecule has 0 saturated carbocycles. The molecule has 6 nitrogen and oxygen atoms in total. The molecule has 0 amide bonds. The van der Waals surface area contributed by atoms with E-state index in [1.165, 1.54) is 19.3 Å². The zero-order valence-electron chi connectivity index (χ0n) is 11.5. The summed E-state index contributed by atoms with van der Waals surface area (Å²) in [4.78, 5) is 34.0. The highest BCUT2D eigenvalue weighted by molar-refractivity contribution is 5.94. The second-order valence-electron chi connectivity index (χ2n) is 3.56. The molecule has 0 N–H and O–H groups in total. The molecular weight excluding hydrogens is 252 g/mol. The molecule has 0 aliphatic heterocycles. The van der Waals surface area contributed by atoms with E-state index >= 15 is 0 Å². The van der Waals surface area contributed by atoms with Crippen molar-refractivity contribution in [2.24, 2.45) is 5.92 Å². The minimum Gasteiger partial charge on any atom is -0.466 e. The number of methoxy groups -OCH3 is 1. The summed E-state index contributed by atoms with van der Waals surface area (Å²) >= 11 is 0. The van der Waals surface area contributed by atoms with E-state index < -0.39 is 23.8 Å². The summed E-state index contributed by atoms with van der Waals surface area (Å²) < 4.78 is 14.1. The van der Waals surface area contributed by atoms with Gasteiger partial charge in [0.25, 0.3) is 0 Å². The molecule has 0 atom stereocenters. The maximum atomic E-state index is 11.6. The van der Waals surface area contributed by atoms with Crippen LogP contribution in [0.25, 0.3) is 0 Å². The van der Waals surface area contributed by atoms with E-state index in [1.54, 1.807) is 13.8 Å². The van der Waals surface area contributed by atoms with Gasteiger partial charge in [-0.3, -0.25) is 9.59 Å². The first-order chi connectivity index (χ1) is 9.06. The Morgan fingerprint density at radius 3 is 2.00 bits per heavy atom. The van der Waals surface area contributed by atoms with Crippen molar-refractivity contribution in [2.75, 3.05) is 20.3 Å². The monoisotopic (exact) mass is 272 g/mol. The second kappa shape index (κ2) is 10.1. The highest BCUT2D eigenvalue weighted by Crippen LogP contribution is 2.12. The van der Waals surface area contributed by atoms with Crippen LogP contribution in [0.2, 0.25) is 0 Å². The summed E-state index contributed by atoms with van der Waals surface area (Å²) in [6.07, 6.45) is 3.38. The third-order valence-corrected chi connectivity index (χ3v) is 2.22. The van der Waals surface area contributed by atoms with Crippen molar-refractivity contribution in [3.63, 3.8) is 0 Å². The van der Waals surface area contributed by atoms with Gasteiger partial charge in [0.1, 0.15) is 0 Å². The maximum Gasteiger partial charge on any atom is 0.330 e. The van der Waals surface area contributed by atoms with E-state index in [4.69, 9.17) is 9.47 Å². The van der Waals surface area contributed by atoms with Gasteiger partial charge in [-0.1, -0.05) is 6.08 Å². The van der Waals surface area contributed by atoms with E-state index in [0.29, 0.717) is 6.42 Å². The Morgan fingerprint density at radius 2 is 1.58 bits per heavy atom. The first kappa shape index (κ1) is 17.2. The predicted molar refractivity (Wildman–Crippen MR) is 67.1 cm³/mol. The summed E-state index contributed by atoms with van der Waals surface area (Å²) in [7, 11) is 1.27. The Bertz CT molecular complexity index is 316. The number of carbonyl (C=O) groups excluding carboxylic acids is 3. The van der Waals surface area contributed by atoms with Crippen LogP contribution in [0, 0.1) is 5.92 Å². The van der Waals surface area contributed by atoms with Crippen LogP contribution in [0.15, 0.2) is 12.2 Å². The van der Waals surface area contributed by atoms with Crippen LogP contribution in [-0.4, -0.2) is 38.2 Å². The van der Waals surface area contributed by atoms with E-state index in [1.807, 2.05) is 0 Å². The fraction of sp³-hybridized carbons (Fsp3) is 0.615. The quantitative estimate of drug-likeness (QED) is 0.286. The van der Waals surface area contributed by atoms with E-state index in [9.17, 15) is 14.4 Å². The summed E-state index contributed by atoms with van der Waals surface area (Å²) in [6, 6.07) is 0. The largest absolute Gasteiger partial charge is 0.466 e. The molecule has 0 radical (unpaired) electrons. The van der Waals surface area contributed by atoms with Crippen LogP contribution < -0.4 is 0 Å². The molecule has 0 bridgehead atoms. The molecule has 0 saturated heterocycles. The number of hydrogen-bond donors (Lipinski definition) is 0. The van der Waals surface area contributed by atoms with Crippen molar-refractivity contribution >= 4 is 17.9 Å². The zero-order valence-corrected chi connectivity index (χ0v) is 11.5. The normalized spacial score (nSPS) is 10.5. The van der Waals surface area contributed by atoms with Crippen molar-refractivity contribution in [2.45, 2.75) is 26.7 Å². The van der Waals surface area contributed by atoms with Crippen molar-refractivity contribution in [1.82, 2.24) is 0 Å². The van der Waals surface area contributed by atoms with Crippen molar-refractivity contribution in [1.29, 1.82) is 0 Å². The molecule has 0 aliphatic rings. The highest BCUT2D eigenvalue weighted by Gasteiger charge is 2.28. The summed E-state index contributed by atoms with van der Waals surface area (Å²) in [5.74, 6) is -2.65. The number of hydrogen-bond acceptors (Lipinski definition) is 6. The molecule has 6 heteroatoms. The molecule has 0 heterocycles. The van der Waals surface area contributed by atoms with Gasteiger partial charge in [-0.2, -0.15) is 0 Å². The Morgan fingerprint density at radius 1 is 1.05 bits per heavy atom. The maximum absolute atomic E-state index is 11.6. The Kier molecular flexibility index (Phi) is 9.12. The lowest BCUT2D eigenvalue weighted by Crippen LogP contribution is -2.28. The Balaban J connectivity index is 4.42. The lowest BCUT2D eigenvalue weighted by molar-refractivity contribution is -0.161. The number of ether oxygens (including phenoxy) is 3. The van der Waals surface area contributed by atoms with Gasteiger partial charge >= 0.3 is 17.9 Å². The zero-order chi connectivity index (χ0) is 14.7. The number of esters is 3. The molecule has 0 aromatic rings. The van der Waals surface area contributed by atoms with Crippen LogP contribution >= 0.6 is 0 Å². The van der Waals surface area contributed by atoms with Crippen molar-refractivity contribution < 1.29 is 28.6 Å². The minimum absolute atomic E-state index is 0.201. The molecule has 0 spiro atoms. The molecule has 0 aromatic heterocycles. The van der Waals surface area contributed by atoms with Gasteiger partial charge in [0.05, 0.1) is 20.3 Å². The summed E-state index contributed by atoms with van der Waals surface area (Å²) in [5, 5.41) is 0. The summed E-state index contributed by atoms with van der Waals surface area (Å²) in [5.41, 5.74) is 0. The van der Waals surface area contributed by atoms with Gasteiger partial charge in [0, 0.05) is 6.08 Å². The fourth-order valence-corrected chi connectivity index (χ4v) is 1.33. The second-order valence-corrected chi connectivity index (χ2v) is 3.56. The Labute approximate surface area is 112 Å². The van der Waals surface area contributed by atoms with Gasteiger partial charge < -0.3 is 14.2 Å². The molecule has 0 unspecified atom stereocenters. The van der Waals surface area contributed by atoms with Gasteiger partial charge in [0.2, 0.25) is 0 Å². The highest BCUT2D eigenvalue weighted by atomic mass is 16.6. The molecule has 0 fully saturated rings. The van der Waals surface area contributed by atoms with Crippen LogP contribution in [0.5, 0.6) is 0 Å². The Hall–Kier alpha value is -1.85. The van der Waals surface area contributed by atoms with Crippen LogP contribution in [0.4, 0.5) is 0 Å². The molecule has 0 aliphatic carbocycles. The molecule has 19 heavy (non-hydrogen) atoms. The number of rotatable bonds is 8. The molecule has 108 valence electrons. The smallest absolute Gasteiger partial charge is 0.330 e. The van der Waals surface area contributed by atoms with Gasteiger partial charge in [-0.05, 0) is 26.7 Å². The molecule has 0 rings (SSSR count). The van der Waals surface area contributed by atoms with E-state index in [0.717, 1.165) is 0 Å². The van der Waals surface area contributed by atoms with Gasteiger partial charge in [-0.15, -0.1) is 0 Å². The van der Waals surface area contributed by atoms with E-state index in [-0.39, 0.29) is 19.6 Å². The van der Waals surface area contributed by atoms with Crippen molar-refractivity contribution in [3.05, 3.63) is 12.2 Å². The number of allylic oxidation sites excluding steroid dienone is 1. The molecule has 0 aromatic carbocycles. The van der Waals surface area contributed by atoms with Gasteiger partial charge in [-0.25, -0.2) is 4.79 Å². The standard InChI is InChI=1S/C13H20O6/c1-4-18-12(15)10(13(16)19-5-2)8-6-7-9-11(14)17-3/h7,9-10H,4-6,8H2,1-3H3/b9-7+. The average Bonchev–Trinajstić information content (AvgIpc) is 2.38. The third kappa shape index (κ3) is 7.23.